The second-order valence-corrected chi connectivity index (χ2v) is 6.11. The number of nitrogens with zero attached hydrogens (tertiary/aromatic N) is 4. The molecule has 0 aliphatic carbocycles. The van der Waals surface area contributed by atoms with E-state index in [4.69, 9.17) is 16.0 Å². The maximum absolute atomic E-state index is 10.9. The van der Waals surface area contributed by atoms with Crippen molar-refractivity contribution in [3.05, 3.63) is 70.1 Å². The van der Waals surface area contributed by atoms with Gasteiger partial charge in [0.05, 0.1) is 4.92 Å². The van der Waals surface area contributed by atoms with Gasteiger partial charge in [-0.05, 0) is 29.8 Å². The zero-order valence-corrected chi connectivity index (χ0v) is 14.8. The van der Waals surface area contributed by atoms with E-state index in [-0.39, 0.29) is 22.5 Å². The van der Waals surface area contributed by atoms with Crippen LogP contribution in [-0.4, -0.2) is 29.2 Å². The van der Waals surface area contributed by atoms with Crippen molar-refractivity contribution in [2.24, 2.45) is 0 Å². The molecule has 1 aromatic heterocycles. The van der Waals surface area contributed by atoms with E-state index in [2.05, 4.69) is 10.2 Å². The molecule has 132 valence electrons. The summed E-state index contributed by atoms with van der Waals surface area (Å²) in [6.45, 7) is 0. The largest absolute Gasteiger partial charge is 0.415 e. The van der Waals surface area contributed by atoms with Crippen molar-refractivity contribution in [2.45, 2.75) is 0 Å². The van der Waals surface area contributed by atoms with Crippen LogP contribution in [-0.2, 0) is 0 Å². The SMILES string of the molecule is CN(C)c1ccc(/C=C(\Cl)c2nnc(-c3cccc([N+](=O)[O-])c3)o2)cc1. The third kappa shape index (κ3) is 3.89. The van der Waals surface area contributed by atoms with Crippen molar-refractivity contribution >= 4 is 34.1 Å². The maximum atomic E-state index is 10.9. The number of nitro groups is 1. The maximum Gasteiger partial charge on any atom is 0.270 e. The zero-order chi connectivity index (χ0) is 18.7. The van der Waals surface area contributed by atoms with Crippen molar-refractivity contribution < 1.29 is 9.34 Å². The highest BCUT2D eigenvalue weighted by atomic mass is 35.5. The fourth-order valence-electron chi connectivity index (χ4n) is 2.27. The first-order valence-corrected chi connectivity index (χ1v) is 8.05. The Labute approximate surface area is 154 Å². The third-order valence-corrected chi connectivity index (χ3v) is 3.91. The van der Waals surface area contributed by atoms with Gasteiger partial charge < -0.3 is 9.32 Å². The second kappa shape index (κ2) is 7.37. The van der Waals surface area contributed by atoms with Gasteiger partial charge in [0, 0.05) is 37.5 Å². The van der Waals surface area contributed by atoms with Crippen LogP contribution in [0.3, 0.4) is 0 Å². The molecule has 0 unspecified atom stereocenters. The molecule has 0 aliphatic heterocycles. The number of halogens is 1. The van der Waals surface area contributed by atoms with Crippen LogP contribution in [0.2, 0.25) is 0 Å². The summed E-state index contributed by atoms with van der Waals surface area (Å²) in [5.74, 6) is 0.308. The Bertz CT molecular complexity index is 965. The van der Waals surface area contributed by atoms with Gasteiger partial charge >= 0.3 is 0 Å². The van der Waals surface area contributed by atoms with E-state index in [0.717, 1.165) is 11.3 Å². The van der Waals surface area contributed by atoms with Gasteiger partial charge in [-0.15, -0.1) is 10.2 Å². The van der Waals surface area contributed by atoms with E-state index in [9.17, 15) is 10.1 Å². The van der Waals surface area contributed by atoms with Gasteiger partial charge in [-0.2, -0.15) is 0 Å². The average molecular weight is 371 g/mol. The average Bonchev–Trinajstić information content (AvgIpc) is 3.12. The lowest BCUT2D eigenvalue weighted by Gasteiger charge is -2.11. The molecule has 3 rings (SSSR count). The molecule has 0 radical (unpaired) electrons. The first-order valence-electron chi connectivity index (χ1n) is 7.67. The first-order chi connectivity index (χ1) is 12.4. The van der Waals surface area contributed by atoms with Crippen LogP contribution in [0, 0.1) is 10.1 Å². The van der Waals surface area contributed by atoms with Crippen molar-refractivity contribution in [1.82, 2.24) is 10.2 Å². The number of hydrogen-bond acceptors (Lipinski definition) is 6. The van der Waals surface area contributed by atoms with Crippen molar-refractivity contribution in [3.8, 4) is 11.5 Å². The van der Waals surface area contributed by atoms with Crippen LogP contribution in [0.1, 0.15) is 11.5 Å². The third-order valence-electron chi connectivity index (χ3n) is 3.64. The van der Waals surface area contributed by atoms with Gasteiger partial charge in [-0.1, -0.05) is 29.8 Å². The van der Waals surface area contributed by atoms with Crippen LogP contribution in [0.25, 0.3) is 22.6 Å². The van der Waals surface area contributed by atoms with Gasteiger partial charge in [0.25, 0.3) is 11.6 Å². The van der Waals surface area contributed by atoms with Gasteiger partial charge in [0.15, 0.2) is 0 Å². The fraction of sp³-hybridized carbons (Fsp3) is 0.111. The molecule has 0 spiro atoms. The number of anilines is 1. The second-order valence-electron chi connectivity index (χ2n) is 5.70. The molecule has 0 fully saturated rings. The van der Waals surface area contributed by atoms with Crippen LogP contribution >= 0.6 is 11.6 Å². The van der Waals surface area contributed by atoms with Crippen molar-refractivity contribution in [2.75, 3.05) is 19.0 Å². The Morgan fingerprint density at radius 1 is 1.19 bits per heavy atom. The molecule has 26 heavy (non-hydrogen) atoms. The highest BCUT2D eigenvalue weighted by molar-refractivity contribution is 6.50. The summed E-state index contributed by atoms with van der Waals surface area (Å²) in [6, 6.07) is 13.8. The highest BCUT2D eigenvalue weighted by Crippen LogP contribution is 2.27. The van der Waals surface area contributed by atoms with Crippen LogP contribution in [0.15, 0.2) is 52.9 Å². The fourth-order valence-corrected chi connectivity index (χ4v) is 2.47. The van der Waals surface area contributed by atoms with Crippen molar-refractivity contribution in [1.29, 1.82) is 0 Å². The minimum atomic E-state index is -0.481. The Balaban J connectivity index is 1.84. The molecule has 3 aromatic rings. The summed E-state index contributed by atoms with van der Waals surface area (Å²) in [7, 11) is 3.93. The molecule has 0 amide bonds. The van der Waals surface area contributed by atoms with Crippen LogP contribution in [0.5, 0.6) is 0 Å². The van der Waals surface area contributed by atoms with E-state index in [1.54, 1.807) is 18.2 Å². The molecular weight excluding hydrogens is 356 g/mol. The molecule has 0 bridgehead atoms. The smallest absolute Gasteiger partial charge is 0.270 e. The summed E-state index contributed by atoms with van der Waals surface area (Å²) < 4.78 is 5.55. The Morgan fingerprint density at radius 2 is 1.92 bits per heavy atom. The number of hydrogen-bond donors (Lipinski definition) is 0. The molecule has 7 nitrogen and oxygen atoms in total. The Morgan fingerprint density at radius 3 is 2.58 bits per heavy atom. The first kappa shape index (κ1) is 17.6. The lowest BCUT2D eigenvalue weighted by molar-refractivity contribution is -0.384. The van der Waals surface area contributed by atoms with E-state index >= 15 is 0 Å². The quantitative estimate of drug-likeness (QED) is 0.487. The predicted molar refractivity (Wildman–Crippen MR) is 101 cm³/mol. The summed E-state index contributed by atoms with van der Waals surface area (Å²) >= 11 is 6.27. The predicted octanol–water partition coefficient (Wildman–Crippen LogP) is 4.45. The summed E-state index contributed by atoms with van der Waals surface area (Å²) in [5.41, 5.74) is 2.36. The van der Waals surface area contributed by atoms with E-state index < -0.39 is 4.92 Å². The molecule has 2 aromatic carbocycles. The number of aromatic nitrogens is 2. The van der Waals surface area contributed by atoms with Crippen molar-refractivity contribution in [3.63, 3.8) is 0 Å². The number of non-ortho nitro benzene ring substituents is 1. The lowest BCUT2D eigenvalue weighted by Crippen LogP contribution is -2.07. The molecule has 0 saturated carbocycles. The molecule has 8 heteroatoms. The molecule has 0 atom stereocenters. The summed E-state index contributed by atoms with van der Waals surface area (Å²) in [6.07, 6.45) is 1.71. The molecule has 0 aliphatic rings. The molecule has 0 N–H and O–H groups in total. The van der Waals surface area contributed by atoms with E-state index in [1.165, 1.54) is 12.1 Å². The number of rotatable bonds is 5. The standard InChI is InChI=1S/C18H15ClN4O3/c1-22(2)14-8-6-12(7-9-14)10-16(19)18-21-20-17(26-18)13-4-3-5-15(11-13)23(24)25/h3-11H,1-2H3/b16-10-. The minimum absolute atomic E-state index is 0.0510. The molecule has 1 heterocycles. The van der Waals surface area contributed by atoms with Crippen LogP contribution < -0.4 is 4.90 Å². The lowest BCUT2D eigenvalue weighted by atomic mass is 10.2. The van der Waals surface area contributed by atoms with Gasteiger partial charge in [0.2, 0.25) is 5.89 Å². The number of nitro benzene ring substituents is 1. The van der Waals surface area contributed by atoms with E-state index in [0.29, 0.717) is 5.56 Å². The minimum Gasteiger partial charge on any atom is -0.415 e. The summed E-state index contributed by atoms with van der Waals surface area (Å²) in [5, 5.41) is 19.0. The summed E-state index contributed by atoms with van der Waals surface area (Å²) in [4.78, 5) is 12.4. The Kier molecular flexibility index (Phi) is 4.99. The monoisotopic (exact) mass is 370 g/mol. The topological polar surface area (TPSA) is 85.3 Å². The van der Waals surface area contributed by atoms with Gasteiger partial charge in [-0.25, -0.2) is 0 Å². The Hall–Kier alpha value is -3.19. The zero-order valence-electron chi connectivity index (χ0n) is 14.1. The molecular formula is C18H15ClN4O3. The van der Waals surface area contributed by atoms with E-state index in [1.807, 2.05) is 43.3 Å². The van der Waals surface area contributed by atoms with Gasteiger partial charge in [-0.3, -0.25) is 10.1 Å². The molecule has 0 saturated heterocycles. The normalized spacial score (nSPS) is 11.4. The highest BCUT2D eigenvalue weighted by Gasteiger charge is 2.14. The number of benzene rings is 2. The van der Waals surface area contributed by atoms with Gasteiger partial charge in [0.1, 0.15) is 5.03 Å². The van der Waals surface area contributed by atoms with Crippen LogP contribution in [0.4, 0.5) is 11.4 Å².